The van der Waals surface area contributed by atoms with Crippen LogP contribution in [0, 0.1) is 0 Å². The fourth-order valence-corrected chi connectivity index (χ4v) is 2.10. The molecule has 1 aromatic carbocycles. The fourth-order valence-electron chi connectivity index (χ4n) is 2.10. The molecule has 2 N–H and O–H groups in total. The predicted octanol–water partition coefficient (Wildman–Crippen LogP) is 1.06. The molecule has 0 aromatic heterocycles. The zero-order valence-electron chi connectivity index (χ0n) is 11.4. The first-order chi connectivity index (χ1) is 9.61. The van der Waals surface area contributed by atoms with Crippen LogP contribution in [0.2, 0.25) is 0 Å². The number of amides is 1. The van der Waals surface area contributed by atoms with Crippen molar-refractivity contribution in [1.82, 2.24) is 4.90 Å². The van der Waals surface area contributed by atoms with Crippen molar-refractivity contribution in [3.05, 3.63) is 23.8 Å². The Morgan fingerprint density at radius 2 is 2.00 bits per heavy atom. The number of nitrogen functional groups attached to an aromatic ring is 1. The van der Waals surface area contributed by atoms with Gasteiger partial charge >= 0.3 is 5.97 Å². The molecule has 1 fully saturated rings. The maximum Gasteiger partial charge on any atom is 0.340 e. The second-order valence-corrected chi connectivity index (χ2v) is 4.62. The van der Waals surface area contributed by atoms with E-state index in [1.807, 2.05) is 0 Å². The Kier molecular flexibility index (Phi) is 4.45. The highest BCUT2D eigenvalue weighted by atomic mass is 16.5. The number of carbonyl (C=O) groups is 2. The highest BCUT2D eigenvalue weighted by Gasteiger charge is 2.20. The smallest absolute Gasteiger partial charge is 0.340 e. The number of methoxy groups -OCH3 is 1. The second-order valence-electron chi connectivity index (χ2n) is 4.62. The van der Waals surface area contributed by atoms with Gasteiger partial charge in [-0.1, -0.05) is 0 Å². The molecule has 1 aliphatic heterocycles. The average Bonchev–Trinajstić information content (AvgIpc) is 2.99. The molecule has 0 aliphatic carbocycles. The number of benzene rings is 1. The van der Waals surface area contributed by atoms with Crippen molar-refractivity contribution < 1.29 is 19.1 Å². The second kappa shape index (κ2) is 6.27. The van der Waals surface area contributed by atoms with Gasteiger partial charge in [0.1, 0.15) is 5.75 Å². The molecule has 2 rings (SSSR count). The minimum atomic E-state index is -0.617. The molecule has 108 valence electrons. The summed E-state index contributed by atoms with van der Waals surface area (Å²) >= 11 is 0. The van der Waals surface area contributed by atoms with Crippen molar-refractivity contribution >= 4 is 17.6 Å². The standard InChI is InChI=1S/C14H18N2O4/c1-19-10-4-5-12(15)11(8-10)14(18)20-9-13(17)16-6-2-3-7-16/h4-5,8H,2-3,6-7,9,15H2,1H3. The van der Waals surface area contributed by atoms with Gasteiger partial charge < -0.3 is 20.1 Å². The average molecular weight is 278 g/mol. The molecule has 1 saturated heterocycles. The van der Waals surface area contributed by atoms with Crippen LogP contribution < -0.4 is 10.5 Å². The predicted molar refractivity (Wildman–Crippen MR) is 73.5 cm³/mol. The largest absolute Gasteiger partial charge is 0.497 e. The Hall–Kier alpha value is -2.24. The van der Waals surface area contributed by atoms with Crippen LogP contribution in [-0.2, 0) is 9.53 Å². The third-order valence-electron chi connectivity index (χ3n) is 3.27. The van der Waals surface area contributed by atoms with Crippen LogP contribution in [-0.4, -0.2) is 43.6 Å². The maximum atomic E-state index is 11.9. The van der Waals surface area contributed by atoms with Gasteiger partial charge in [0.15, 0.2) is 6.61 Å². The number of nitrogens with two attached hydrogens (primary N) is 1. The third-order valence-corrected chi connectivity index (χ3v) is 3.27. The maximum absolute atomic E-state index is 11.9. The molecule has 6 heteroatoms. The van der Waals surface area contributed by atoms with Crippen molar-refractivity contribution in [3.63, 3.8) is 0 Å². The summed E-state index contributed by atoms with van der Waals surface area (Å²) in [6.07, 6.45) is 2.00. The summed E-state index contributed by atoms with van der Waals surface area (Å²) in [5.74, 6) is -0.275. The van der Waals surface area contributed by atoms with Crippen LogP contribution in [0.3, 0.4) is 0 Å². The quantitative estimate of drug-likeness (QED) is 0.657. The third kappa shape index (κ3) is 3.20. The zero-order chi connectivity index (χ0) is 14.5. The number of anilines is 1. The molecule has 20 heavy (non-hydrogen) atoms. The van der Waals surface area contributed by atoms with E-state index in [1.54, 1.807) is 17.0 Å². The number of hydrogen-bond donors (Lipinski definition) is 1. The van der Waals surface area contributed by atoms with Gasteiger partial charge in [-0.05, 0) is 31.0 Å². The van der Waals surface area contributed by atoms with Crippen LogP contribution in [0.1, 0.15) is 23.2 Å². The van der Waals surface area contributed by atoms with E-state index in [9.17, 15) is 9.59 Å². The topological polar surface area (TPSA) is 81.9 Å². The summed E-state index contributed by atoms with van der Waals surface area (Å²) in [7, 11) is 1.50. The first-order valence-electron chi connectivity index (χ1n) is 6.50. The van der Waals surface area contributed by atoms with E-state index >= 15 is 0 Å². The van der Waals surface area contributed by atoms with Crippen LogP contribution >= 0.6 is 0 Å². The van der Waals surface area contributed by atoms with Gasteiger partial charge in [-0.25, -0.2) is 4.79 Å². The molecule has 0 radical (unpaired) electrons. The minimum Gasteiger partial charge on any atom is -0.497 e. The van der Waals surface area contributed by atoms with Gasteiger partial charge in [0.05, 0.1) is 12.7 Å². The Morgan fingerprint density at radius 1 is 1.30 bits per heavy atom. The minimum absolute atomic E-state index is 0.169. The first-order valence-corrected chi connectivity index (χ1v) is 6.50. The van der Waals surface area contributed by atoms with Gasteiger partial charge in [0.2, 0.25) is 0 Å². The summed E-state index contributed by atoms with van der Waals surface area (Å²) < 4.78 is 10.0. The monoisotopic (exact) mass is 278 g/mol. The van der Waals surface area contributed by atoms with Gasteiger partial charge in [0, 0.05) is 18.8 Å². The van der Waals surface area contributed by atoms with Gasteiger partial charge in [-0.15, -0.1) is 0 Å². The molecule has 0 unspecified atom stereocenters. The molecule has 1 heterocycles. The number of esters is 1. The van der Waals surface area contributed by atoms with Crippen LogP contribution in [0.5, 0.6) is 5.75 Å². The van der Waals surface area contributed by atoms with Gasteiger partial charge in [-0.3, -0.25) is 4.79 Å². The Balaban J connectivity index is 1.96. The van der Waals surface area contributed by atoms with Crippen LogP contribution in [0.4, 0.5) is 5.69 Å². The number of carbonyl (C=O) groups excluding carboxylic acids is 2. The lowest BCUT2D eigenvalue weighted by Crippen LogP contribution is -2.32. The Bertz CT molecular complexity index is 510. The molecule has 1 aromatic rings. The number of nitrogens with zero attached hydrogens (tertiary/aromatic N) is 1. The molecule has 0 atom stereocenters. The number of rotatable bonds is 4. The number of hydrogen-bond acceptors (Lipinski definition) is 5. The molecular formula is C14H18N2O4. The van der Waals surface area contributed by atoms with Crippen molar-refractivity contribution in [2.45, 2.75) is 12.8 Å². The highest BCUT2D eigenvalue weighted by molar-refractivity contribution is 5.96. The van der Waals surface area contributed by atoms with E-state index in [1.165, 1.54) is 13.2 Å². The van der Waals surface area contributed by atoms with Crippen molar-refractivity contribution in [1.29, 1.82) is 0 Å². The van der Waals surface area contributed by atoms with E-state index in [-0.39, 0.29) is 18.1 Å². The SMILES string of the molecule is COc1ccc(N)c(C(=O)OCC(=O)N2CCCC2)c1. The van der Waals surface area contributed by atoms with Gasteiger partial charge in [0.25, 0.3) is 5.91 Å². The Morgan fingerprint density at radius 3 is 2.65 bits per heavy atom. The molecule has 1 amide bonds. The molecule has 0 saturated carbocycles. The summed E-state index contributed by atoms with van der Waals surface area (Å²) in [5, 5.41) is 0. The number of ether oxygens (including phenoxy) is 2. The van der Waals surface area contributed by atoms with Crippen molar-refractivity contribution in [2.24, 2.45) is 0 Å². The molecule has 1 aliphatic rings. The van der Waals surface area contributed by atoms with Crippen molar-refractivity contribution in [2.75, 3.05) is 32.5 Å². The summed E-state index contributed by atoms with van der Waals surface area (Å²) in [5.41, 5.74) is 6.22. The molecule has 0 spiro atoms. The molecule has 6 nitrogen and oxygen atoms in total. The van der Waals surface area contributed by atoms with Crippen LogP contribution in [0.25, 0.3) is 0 Å². The normalized spacial score (nSPS) is 14.2. The molecular weight excluding hydrogens is 260 g/mol. The summed E-state index contributed by atoms with van der Waals surface area (Å²) in [6.45, 7) is 1.21. The van der Waals surface area contributed by atoms with E-state index in [2.05, 4.69) is 0 Å². The lowest BCUT2D eigenvalue weighted by molar-refractivity contribution is -0.133. The summed E-state index contributed by atoms with van der Waals surface area (Å²) in [6, 6.07) is 4.72. The van der Waals surface area contributed by atoms with Gasteiger partial charge in [-0.2, -0.15) is 0 Å². The number of likely N-dealkylation sites (tertiary alicyclic amines) is 1. The Labute approximate surface area is 117 Å². The fraction of sp³-hybridized carbons (Fsp3) is 0.429. The lowest BCUT2D eigenvalue weighted by Gasteiger charge is -2.15. The van der Waals surface area contributed by atoms with E-state index in [0.29, 0.717) is 11.4 Å². The van der Waals surface area contributed by atoms with E-state index in [0.717, 1.165) is 25.9 Å². The van der Waals surface area contributed by atoms with Crippen LogP contribution in [0.15, 0.2) is 18.2 Å². The first kappa shape index (κ1) is 14.2. The lowest BCUT2D eigenvalue weighted by atomic mass is 10.2. The zero-order valence-corrected chi connectivity index (χ0v) is 11.4. The van der Waals surface area contributed by atoms with E-state index < -0.39 is 5.97 Å². The van der Waals surface area contributed by atoms with Crippen molar-refractivity contribution in [3.8, 4) is 5.75 Å². The highest BCUT2D eigenvalue weighted by Crippen LogP contribution is 2.20. The molecule has 0 bridgehead atoms. The van der Waals surface area contributed by atoms with E-state index in [4.69, 9.17) is 15.2 Å². The summed E-state index contributed by atoms with van der Waals surface area (Å²) in [4.78, 5) is 25.4.